The van der Waals surface area contributed by atoms with E-state index in [-0.39, 0.29) is 6.42 Å². The van der Waals surface area contributed by atoms with E-state index in [1.54, 1.807) is 0 Å². The largest absolute Gasteiger partial charge is 0.481 e. The fourth-order valence-corrected chi connectivity index (χ4v) is 0.932. The van der Waals surface area contributed by atoms with Crippen LogP contribution in [-0.2, 0) is 4.79 Å². The van der Waals surface area contributed by atoms with Crippen LogP contribution in [0.5, 0.6) is 11.5 Å². The van der Waals surface area contributed by atoms with Gasteiger partial charge < -0.3 is 14.9 Å². The smallest absolute Gasteiger partial charge is 0.305 e. The van der Waals surface area contributed by atoms with Gasteiger partial charge in [-0.3, -0.25) is 4.79 Å². The molecule has 1 aromatic rings. The number of rotatable bonds is 2. The maximum Gasteiger partial charge on any atom is 0.305 e. The number of aliphatic hydroxyl groups is 1. The topological polar surface area (TPSA) is 66.8 Å². The molecule has 0 saturated carbocycles. The van der Waals surface area contributed by atoms with Crippen molar-refractivity contribution in [3.63, 3.8) is 0 Å². The molecular weight excluding hydrogens is 184 g/mol. The number of carboxylic acids is 1. The highest BCUT2D eigenvalue weighted by Crippen LogP contribution is 2.32. The number of aliphatic carboxylic acids is 1. The van der Waals surface area contributed by atoms with Crippen LogP contribution in [0.25, 0.3) is 0 Å². The maximum absolute atomic E-state index is 9.65. The van der Waals surface area contributed by atoms with Crippen molar-refractivity contribution in [2.45, 2.75) is 19.4 Å². The average Bonchev–Trinajstić information content (AvgIpc) is 2.02. The predicted molar refractivity (Wildman–Crippen MR) is 50.4 cm³/mol. The maximum atomic E-state index is 9.65. The third-order valence-electron chi connectivity index (χ3n) is 1.51. The highest BCUT2D eigenvalue weighted by Gasteiger charge is 2.05. The van der Waals surface area contributed by atoms with Crippen LogP contribution < -0.4 is 4.74 Å². The summed E-state index contributed by atoms with van der Waals surface area (Å²) in [5.74, 6) is 1.00. The van der Waals surface area contributed by atoms with Crippen LogP contribution >= 0.6 is 0 Å². The van der Waals surface area contributed by atoms with Crippen LogP contribution in [0.1, 0.15) is 13.3 Å². The Labute approximate surface area is 81.8 Å². The van der Waals surface area contributed by atoms with Crippen LogP contribution in [0.4, 0.5) is 0 Å². The second kappa shape index (κ2) is 4.62. The first-order valence-corrected chi connectivity index (χ1v) is 4.25. The minimum absolute atomic E-state index is 0.167. The standard InChI is InChI=1S/C6H4O.C4H8O3/c1-2-5-4-6(3-1)7-5;1-3(5)2-4(6)7/h1-4H;3,5H,2H2,1H3,(H,6,7). The molecule has 2 heterocycles. The van der Waals surface area contributed by atoms with Gasteiger partial charge in [-0.15, -0.1) is 0 Å². The molecule has 1 aromatic carbocycles. The van der Waals surface area contributed by atoms with Gasteiger partial charge in [-0.25, -0.2) is 0 Å². The molecule has 0 fully saturated rings. The molecule has 2 N–H and O–H groups in total. The summed E-state index contributed by atoms with van der Waals surface area (Å²) < 4.78 is 5.01. The molecule has 0 aromatic heterocycles. The van der Waals surface area contributed by atoms with Gasteiger partial charge in [-0.1, -0.05) is 6.07 Å². The number of ether oxygens (including phenoxy) is 1. The van der Waals surface area contributed by atoms with E-state index in [4.69, 9.17) is 14.9 Å². The van der Waals surface area contributed by atoms with Gasteiger partial charge in [0.1, 0.15) is 11.5 Å². The molecule has 0 saturated heterocycles. The van der Waals surface area contributed by atoms with Crippen molar-refractivity contribution < 1.29 is 19.7 Å². The number of fused-ring (bicyclic) bond motifs is 2. The fraction of sp³-hybridized carbons (Fsp3) is 0.300. The molecule has 1 unspecified atom stereocenters. The summed E-state index contributed by atoms with van der Waals surface area (Å²) in [6.45, 7) is 1.44. The van der Waals surface area contributed by atoms with E-state index in [1.807, 2.05) is 24.3 Å². The summed E-state index contributed by atoms with van der Waals surface area (Å²) in [5.41, 5.74) is 0. The lowest BCUT2D eigenvalue weighted by atomic mass is 10.2. The Bertz CT molecular complexity index is 295. The first-order chi connectivity index (χ1) is 6.58. The highest BCUT2D eigenvalue weighted by molar-refractivity contribution is 5.67. The van der Waals surface area contributed by atoms with E-state index in [2.05, 4.69) is 0 Å². The van der Waals surface area contributed by atoms with Crippen LogP contribution in [0.2, 0.25) is 0 Å². The van der Waals surface area contributed by atoms with Gasteiger partial charge in [0.25, 0.3) is 0 Å². The van der Waals surface area contributed by atoms with Gasteiger partial charge >= 0.3 is 5.97 Å². The Morgan fingerprint density at radius 1 is 1.50 bits per heavy atom. The van der Waals surface area contributed by atoms with Crippen LogP contribution in [-0.4, -0.2) is 22.3 Å². The molecule has 0 spiro atoms. The lowest BCUT2D eigenvalue weighted by Crippen LogP contribution is -2.07. The molecule has 0 amide bonds. The van der Waals surface area contributed by atoms with Gasteiger partial charge in [0, 0.05) is 6.07 Å². The summed E-state index contributed by atoms with van der Waals surface area (Å²) in [4.78, 5) is 9.65. The molecule has 0 aliphatic carbocycles. The lowest BCUT2D eigenvalue weighted by Gasteiger charge is -2.13. The van der Waals surface area contributed by atoms with E-state index in [0.29, 0.717) is 0 Å². The lowest BCUT2D eigenvalue weighted by molar-refractivity contribution is -0.138. The molecule has 4 nitrogen and oxygen atoms in total. The third kappa shape index (κ3) is 3.45. The SMILES string of the molecule is CC(O)CC(=O)O.c1cc2cc(c1)O2. The molecule has 0 radical (unpaired) electrons. The third-order valence-corrected chi connectivity index (χ3v) is 1.51. The van der Waals surface area contributed by atoms with Crippen LogP contribution in [0.3, 0.4) is 0 Å². The molecule has 1 atom stereocenters. The van der Waals surface area contributed by atoms with Crippen molar-refractivity contribution in [3.8, 4) is 11.5 Å². The van der Waals surface area contributed by atoms with Crippen LogP contribution in [0, 0.1) is 0 Å². The number of hydrogen-bond donors (Lipinski definition) is 2. The van der Waals surface area contributed by atoms with Gasteiger partial charge in [0.15, 0.2) is 0 Å². The fourth-order valence-electron chi connectivity index (χ4n) is 0.932. The van der Waals surface area contributed by atoms with E-state index in [0.717, 1.165) is 11.5 Å². The molecule has 2 bridgehead atoms. The van der Waals surface area contributed by atoms with Gasteiger partial charge in [0.05, 0.1) is 12.5 Å². The number of carboxylic acid groups (broad SMARTS) is 1. The molecule has 2 aliphatic rings. The molecule has 3 rings (SSSR count). The van der Waals surface area contributed by atoms with Gasteiger partial charge in [-0.05, 0) is 19.1 Å². The van der Waals surface area contributed by atoms with E-state index in [1.165, 1.54) is 6.92 Å². The Kier molecular flexibility index (Phi) is 3.48. The molecule has 2 aliphatic heterocycles. The normalized spacial score (nSPS) is 12.7. The highest BCUT2D eigenvalue weighted by atomic mass is 16.5. The Balaban J connectivity index is 0.000000140. The number of benzene rings is 1. The van der Waals surface area contributed by atoms with Crippen molar-refractivity contribution in [1.82, 2.24) is 0 Å². The number of aliphatic hydroxyl groups excluding tert-OH is 1. The minimum atomic E-state index is -0.963. The second-order valence-electron chi connectivity index (χ2n) is 3.02. The number of carbonyl (C=O) groups is 1. The first kappa shape index (κ1) is 10.5. The monoisotopic (exact) mass is 196 g/mol. The molecular formula is C10H12O4. The zero-order chi connectivity index (χ0) is 10.6. The first-order valence-electron chi connectivity index (χ1n) is 4.25. The van der Waals surface area contributed by atoms with Crippen molar-refractivity contribution in [1.29, 1.82) is 0 Å². The quantitative estimate of drug-likeness (QED) is 0.766. The zero-order valence-electron chi connectivity index (χ0n) is 7.80. The van der Waals surface area contributed by atoms with Crippen molar-refractivity contribution in [2.75, 3.05) is 0 Å². The van der Waals surface area contributed by atoms with Crippen molar-refractivity contribution >= 4 is 5.97 Å². The van der Waals surface area contributed by atoms with Crippen LogP contribution in [0.15, 0.2) is 24.3 Å². The summed E-state index contributed by atoms with van der Waals surface area (Å²) >= 11 is 0. The zero-order valence-corrected chi connectivity index (χ0v) is 7.80. The summed E-state index contributed by atoms with van der Waals surface area (Å²) in [6, 6.07) is 7.86. The van der Waals surface area contributed by atoms with Crippen molar-refractivity contribution in [2.24, 2.45) is 0 Å². The molecule has 14 heavy (non-hydrogen) atoms. The summed E-state index contributed by atoms with van der Waals surface area (Å²) in [7, 11) is 0. The van der Waals surface area contributed by atoms with E-state index >= 15 is 0 Å². The summed E-state index contributed by atoms with van der Waals surface area (Å²) in [5, 5.41) is 16.3. The Morgan fingerprint density at radius 3 is 2.07 bits per heavy atom. The van der Waals surface area contributed by atoms with E-state index < -0.39 is 12.1 Å². The Hall–Kier alpha value is -1.55. The summed E-state index contributed by atoms with van der Waals surface area (Å²) in [6.07, 6.45) is -0.891. The van der Waals surface area contributed by atoms with Crippen molar-refractivity contribution in [3.05, 3.63) is 24.3 Å². The number of hydrogen-bond acceptors (Lipinski definition) is 3. The second-order valence-corrected chi connectivity index (χ2v) is 3.02. The molecule has 4 heteroatoms. The van der Waals surface area contributed by atoms with Gasteiger partial charge in [0.2, 0.25) is 0 Å². The Morgan fingerprint density at radius 2 is 2.00 bits per heavy atom. The predicted octanol–water partition coefficient (Wildman–Crippen LogP) is 1.63. The average molecular weight is 196 g/mol. The van der Waals surface area contributed by atoms with E-state index in [9.17, 15) is 4.79 Å². The molecule has 76 valence electrons. The minimum Gasteiger partial charge on any atom is -0.481 e. The van der Waals surface area contributed by atoms with Gasteiger partial charge in [-0.2, -0.15) is 0 Å².